The number of likely N-dealkylation sites (tertiary alicyclic amines) is 1. The highest BCUT2D eigenvalue weighted by molar-refractivity contribution is 6.08. The molecule has 0 radical (unpaired) electrons. The average Bonchev–Trinajstić information content (AvgIpc) is 3.17. The molecule has 1 aliphatic rings. The third-order valence-electron chi connectivity index (χ3n) is 5.46. The number of nitrogens with zero attached hydrogens (tertiary/aromatic N) is 2. The highest BCUT2D eigenvalue weighted by Crippen LogP contribution is 2.31. The van der Waals surface area contributed by atoms with E-state index in [-0.39, 0.29) is 5.91 Å². The van der Waals surface area contributed by atoms with Gasteiger partial charge in [-0.1, -0.05) is 36.4 Å². The SMILES string of the molecule is O=C(c1cc(-c2c[nH]c3ccccc23)nc2ccccc12)N1CCCCC1. The summed E-state index contributed by atoms with van der Waals surface area (Å²) in [5.74, 6) is 0.120. The molecule has 27 heavy (non-hydrogen) atoms. The summed E-state index contributed by atoms with van der Waals surface area (Å²) in [6.45, 7) is 1.69. The van der Waals surface area contributed by atoms with Crippen molar-refractivity contribution in [2.24, 2.45) is 0 Å². The van der Waals surface area contributed by atoms with Crippen molar-refractivity contribution in [3.63, 3.8) is 0 Å². The lowest BCUT2D eigenvalue weighted by Crippen LogP contribution is -2.35. The predicted octanol–water partition coefficient (Wildman–Crippen LogP) is 5.01. The highest BCUT2D eigenvalue weighted by Gasteiger charge is 2.22. The number of rotatable bonds is 2. The molecule has 5 rings (SSSR count). The Labute approximate surface area is 157 Å². The molecule has 0 saturated carbocycles. The lowest BCUT2D eigenvalue weighted by Gasteiger charge is -2.27. The largest absolute Gasteiger partial charge is 0.360 e. The maximum absolute atomic E-state index is 13.3. The van der Waals surface area contributed by atoms with Gasteiger partial charge in [-0.2, -0.15) is 0 Å². The lowest BCUT2D eigenvalue weighted by molar-refractivity contribution is 0.0726. The maximum atomic E-state index is 13.3. The van der Waals surface area contributed by atoms with Gasteiger partial charge in [0.2, 0.25) is 0 Å². The molecule has 4 heteroatoms. The zero-order valence-corrected chi connectivity index (χ0v) is 15.1. The number of pyridine rings is 1. The van der Waals surface area contributed by atoms with Gasteiger partial charge in [0.1, 0.15) is 0 Å². The third kappa shape index (κ3) is 2.78. The summed E-state index contributed by atoms with van der Waals surface area (Å²) in [4.78, 5) is 23.5. The van der Waals surface area contributed by atoms with E-state index in [0.29, 0.717) is 0 Å². The van der Waals surface area contributed by atoms with Crippen molar-refractivity contribution in [2.75, 3.05) is 13.1 Å². The molecule has 2 aromatic heterocycles. The molecule has 0 spiro atoms. The summed E-state index contributed by atoms with van der Waals surface area (Å²) in [6.07, 6.45) is 5.37. The van der Waals surface area contributed by atoms with Crippen LogP contribution in [-0.2, 0) is 0 Å². The zero-order chi connectivity index (χ0) is 18.2. The monoisotopic (exact) mass is 355 g/mol. The van der Waals surface area contributed by atoms with Gasteiger partial charge in [0, 0.05) is 41.1 Å². The number of carbonyl (C=O) groups is 1. The van der Waals surface area contributed by atoms with Crippen molar-refractivity contribution in [1.29, 1.82) is 0 Å². The van der Waals surface area contributed by atoms with Crippen LogP contribution in [0, 0.1) is 0 Å². The second kappa shape index (κ2) is 6.54. The van der Waals surface area contributed by atoms with E-state index in [0.717, 1.165) is 64.6 Å². The first kappa shape index (κ1) is 16.1. The summed E-state index contributed by atoms with van der Waals surface area (Å²) in [5, 5.41) is 2.05. The summed E-state index contributed by atoms with van der Waals surface area (Å²) < 4.78 is 0. The molecule has 1 N–H and O–H groups in total. The van der Waals surface area contributed by atoms with E-state index in [4.69, 9.17) is 4.98 Å². The van der Waals surface area contributed by atoms with E-state index < -0.39 is 0 Å². The molecule has 4 nitrogen and oxygen atoms in total. The van der Waals surface area contributed by atoms with Crippen molar-refractivity contribution in [2.45, 2.75) is 19.3 Å². The highest BCUT2D eigenvalue weighted by atomic mass is 16.2. The van der Waals surface area contributed by atoms with E-state index >= 15 is 0 Å². The van der Waals surface area contributed by atoms with Crippen molar-refractivity contribution in [3.05, 3.63) is 66.4 Å². The van der Waals surface area contributed by atoms with Gasteiger partial charge in [-0.25, -0.2) is 4.98 Å². The number of benzene rings is 2. The van der Waals surface area contributed by atoms with Crippen LogP contribution in [0.5, 0.6) is 0 Å². The Hall–Kier alpha value is -3.14. The fourth-order valence-corrected chi connectivity index (χ4v) is 4.04. The molecule has 0 atom stereocenters. The lowest BCUT2D eigenvalue weighted by atomic mass is 10.0. The van der Waals surface area contributed by atoms with Crippen LogP contribution in [0.4, 0.5) is 0 Å². The van der Waals surface area contributed by atoms with Crippen LogP contribution in [0.2, 0.25) is 0 Å². The first-order valence-electron chi connectivity index (χ1n) is 9.57. The smallest absolute Gasteiger partial charge is 0.254 e. The molecule has 134 valence electrons. The van der Waals surface area contributed by atoms with E-state index in [1.807, 2.05) is 53.6 Å². The van der Waals surface area contributed by atoms with Crippen molar-refractivity contribution in [1.82, 2.24) is 14.9 Å². The van der Waals surface area contributed by atoms with Gasteiger partial charge in [-0.3, -0.25) is 4.79 Å². The predicted molar refractivity (Wildman–Crippen MR) is 109 cm³/mol. The van der Waals surface area contributed by atoms with E-state index in [1.54, 1.807) is 0 Å². The quantitative estimate of drug-likeness (QED) is 0.549. The normalized spacial score (nSPS) is 14.7. The van der Waals surface area contributed by atoms with Crippen molar-refractivity contribution < 1.29 is 4.79 Å². The molecule has 1 fully saturated rings. The summed E-state index contributed by atoms with van der Waals surface area (Å²) >= 11 is 0. The number of piperidine rings is 1. The van der Waals surface area contributed by atoms with Gasteiger partial charge in [0.15, 0.2) is 0 Å². The van der Waals surface area contributed by atoms with Crippen LogP contribution >= 0.6 is 0 Å². The number of amides is 1. The first-order chi connectivity index (χ1) is 13.3. The molecule has 1 amide bonds. The van der Waals surface area contributed by atoms with Crippen LogP contribution in [0.15, 0.2) is 60.8 Å². The molecule has 0 bridgehead atoms. The number of nitrogens with one attached hydrogen (secondary N) is 1. The number of hydrogen-bond donors (Lipinski definition) is 1. The standard InChI is InChI=1S/C23H21N3O/c27-23(26-12-6-1-7-13-26)18-14-22(25-21-11-5-3-8-16(18)21)19-15-24-20-10-4-2-9-17(19)20/h2-5,8-11,14-15,24H,1,6-7,12-13H2. The van der Waals surface area contributed by atoms with Gasteiger partial charge < -0.3 is 9.88 Å². The van der Waals surface area contributed by atoms with E-state index in [9.17, 15) is 4.79 Å². The number of H-pyrrole nitrogens is 1. The van der Waals surface area contributed by atoms with Crippen molar-refractivity contribution >= 4 is 27.7 Å². The number of para-hydroxylation sites is 2. The molecule has 1 aliphatic heterocycles. The van der Waals surface area contributed by atoms with Crippen LogP contribution in [0.25, 0.3) is 33.1 Å². The Bertz CT molecular complexity index is 1140. The second-order valence-electron chi connectivity index (χ2n) is 7.17. The molecule has 2 aromatic carbocycles. The summed E-state index contributed by atoms with van der Waals surface area (Å²) in [5.41, 5.74) is 4.56. The van der Waals surface area contributed by atoms with Crippen LogP contribution in [-0.4, -0.2) is 33.9 Å². The minimum atomic E-state index is 0.120. The number of aromatic amines is 1. The molecule has 0 unspecified atom stereocenters. The van der Waals surface area contributed by atoms with Crippen LogP contribution < -0.4 is 0 Å². The topological polar surface area (TPSA) is 49.0 Å². The number of fused-ring (bicyclic) bond motifs is 2. The van der Waals surface area contributed by atoms with E-state index in [2.05, 4.69) is 17.1 Å². The second-order valence-corrected chi connectivity index (χ2v) is 7.17. The Balaban J connectivity index is 1.69. The molecule has 0 aliphatic carbocycles. The number of aromatic nitrogens is 2. The Morgan fingerprint density at radius 1 is 0.926 bits per heavy atom. The van der Waals surface area contributed by atoms with Crippen molar-refractivity contribution in [3.8, 4) is 11.3 Å². The van der Waals surface area contributed by atoms with Gasteiger partial charge in [-0.05, 0) is 37.5 Å². The van der Waals surface area contributed by atoms with Crippen LogP contribution in [0.1, 0.15) is 29.6 Å². The van der Waals surface area contributed by atoms with Gasteiger partial charge in [-0.15, -0.1) is 0 Å². The summed E-state index contributed by atoms with van der Waals surface area (Å²) in [7, 11) is 0. The minimum absolute atomic E-state index is 0.120. The van der Waals surface area contributed by atoms with Crippen LogP contribution in [0.3, 0.4) is 0 Å². The third-order valence-corrected chi connectivity index (χ3v) is 5.46. The fraction of sp³-hybridized carbons (Fsp3) is 0.217. The number of hydrogen-bond acceptors (Lipinski definition) is 2. The Kier molecular flexibility index (Phi) is 3.89. The Morgan fingerprint density at radius 2 is 1.67 bits per heavy atom. The number of carbonyl (C=O) groups excluding carboxylic acids is 1. The molecule has 3 heterocycles. The molecule has 4 aromatic rings. The molecule has 1 saturated heterocycles. The first-order valence-corrected chi connectivity index (χ1v) is 9.57. The minimum Gasteiger partial charge on any atom is -0.360 e. The van der Waals surface area contributed by atoms with Gasteiger partial charge in [0.25, 0.3) is 5.91 Å². The van der Waals surface area contributed by atoms with E-state index in [1.165, 1.54) is 6.42 Å². The fourth-order valence-electron chi connectivity index (χ4n) is 4.04. The Morgan fingerprint density at radius 3 is 2.52 bits per heavy atom. The van der Waals surface area contributed by atoms with Gasteiger partial charge >= 0.3 is 0 Å². The molecular weight excluding hydrogens is 334 g/mol. The zero-order valence-electron chi connectivity index (χ0n) is 15.1. The van der Waals surface area contributed by atoms with Gasteiger partial charge in [0.05, 0.1) is 16.8 Å². The summed E-state index contributed by atoms with van der Waals surface area (Å²) in [6, 6.07) is 18.1. The molecular formula is C23H21N3O. The average molecular weight is 355 g/mol. The maximum Gasteiger partial charge on any atom is 0.254 e.